The Morgan fingerprint density at radius 3 is 2.31 bits per heavy atom. The molecule has 35 heavy (non-hydrogen) atoms. The number of carbonyl (C=O) groups is 2. The molecule has 8 heteroatoms. The Bertz CT molecular complexity index is 1060. The SMILES string of the molecule is CCCCN(CCCC)C(CC)Oc1cc2c(c(C(=O)c3ccccc3)c1C)C([N+](=O)[O-])C(=O)O2. The lowest BCUT2D eigenvalue weighted by molar-refractivity contribution is -0.513. The molecule has 0 bridgehead atoms. The molecule has 1 aliphatic heterocycles. The van der Waals surface area contributed by atoms with Crippen molar-refractivity contribution in [1.82, 2.24) is 4.90 Å². The van der Waals surface area contributed by atoms with E-state index >= 15 is 0 Å². The molecule has 1 aliphatic rings. The number of esters is 1. The van der Waals surface area contributed by atoms with Crippen LogP contribution in [0.15, 0.2) is 36.4 Å². The average molecular weight is 483 g/mol. The van der Waals surface area contributed by atoms with E-state index in [2.05, 4.69) is 18.7 Å². The van der Waals surface area contributed by atoms with E-state index in [0.29, 0.717) is 23.3 Å². The fraction of sp³-hybridized carbons (Fsp3) is 0.481. The van der Waals surface area contributed by atoms with Gasteiger partial charge in [0.1, 0.15) is 11.5 Å². The number of hydrogen-bond donors (Lipinski definition) is 0. The molecule has 0 saturated carbocycles. The molecule has 3 rings (SSSR count). The predicted octanol–water partition coefficient (Wildman–Crippen LogP) is 5.48. The van der Waals surface area contributed by atoms with Crippen LogP contribution in [0.3, 0.4) is 0 Å². The highest BCUT2D eigenvalue weighted by Gasteiger charge is 2.47. The van der Waals surface area contributed by atoms with E-state index in [0.717, 1.165) is 38.8 Å². The Morgan fingerprint density at radius 1 is 1.14 bits per heavy atom. The second-order valence-corrected chi connectivity index (χ2v) is 8.81. The van der Waals surface area contributed by atoms with Crippen LogP contribution in [-0.4, -0.2) is 40.9 Å². The zero-order valence-electron chi connectivity index (χ0n) is 20.9. The number of ketones is 1. The van der Waals surface area contributed by atoms with Crippen LogP contribution in [0.25, 0.3) is 0 Å². The van der Waals surface area contributed by atoms with Crippen LogP contribution in [0.5, 0.6) is 11.5 Å². The van der Waals surface area contributed by atoms with Gasteiger partial charge in [-0.15, -0.1) is 0 Å². The van der Waals surface area contributed by atoms with Crippen LogP contribution in [0.4, 0.5) is 0 Å². The molecule has 2 unspecified atom stereocenters. The summed E-state index contributed by atoms with van der Waals surface area (Å²) in [6.07, 6.45) is 4.66. The average Bonchev–Trinajstić information content (AvgIpc) is 3.18. The summed E-state index contributed by atoms with van der Waals surface area (Å²) in [5.74, 6) is -0.996. The fourth-order valence-electron chi connectivity index (χ4n) is 4.42. The number of fused-ring (bicyclic) bond motifs is 1. The Morgan fingerprint density at radius 2 is 1.77 bits per heavy atom. The molecule has 0 saturated heterocycles. The molecule has 0 radical (unpaired) electrons. The molecular formula is C27H34N2O6. The van der Waals surface area contributed by atoms with Crippen molar-refractivity contribution in [1.29, 1.82) is 0 Å². The van der Waals surface area contributed by atoms with Gasteiger partial charge in [-0.05, 0) is 26.2 Å². The number of carbonyl (C=O) groups excluding carboxylic acids is 2. The third kappa shape index (κ3) is 5.70. The van der Waals surface area contributed by atoms with Gasteiger partial charge in [-0.1, -0.05) is 63.9 Å². The number of nitro groups is 1. The quantitative estimate of drug-likeness (QED) is 0.0931. The zero-order chi connectivity index (χ0) is 25.5. The first kappa shape index (κ1) is 26.3. The highest BCUT2D eigenvalue weighted by Crippen LogP contribution is 2.44. The molecule has 188 valence electrons. The summed E-state index contributed by atoms with van der Waals surface area (Å²) in [5, 5.41) is 11.8. The number of ether oxygens (including phenoxy) is 2. The highest BCUT2D eigenvalue weighted by molar-refractivity contribution is 6.13. The van der Waals surface area contributed by atoms with Crippen LogP contribution in [0.2, 0.25) is 0 Å². The number of hydrogen-bond acceptors (Lipinski definition) is 7. The monoisotopic (exact) mass is 482 g/mol. The van der Waals surface area contributed by atoms with Gasteiger partial charge in [0.15, 0.2) is 12.0 Å². The smallest absolute Gasteiger partial charge is 0.392 e. The van der Waals surface area contributed by atoms with Crippen molar-refractivity contribution in [3.05, 3.63) is 68.8 Å². The molecule has 8 nitrogen and oxygen atoms in total. The summed E-state index contributed by atoms with van der Waals surface area (Å²) in [6, 6.07) is 8.30. The van der Waals surface area contributed by atoms with Crippen LogP contribution in [0, 0.1) is 17.0 Å². The van der Waals surface area contributed by atoms with Gasteiger partial charge in [-0.25, -0.2) is 4.79 Å². The van der Waals surface area contributed by atoms with Crippen LogP contribution < -0.4 is 9.47 Å². The van der Waals surface area contributed by atoms with Gasteiger partial charge >= 0.3 is 12.0 Å². The van der Waals surface area contributed by atoms with Gasteiger partial charge < -0.3 is 9.47 Å². The lowest BCUT2D eigenvalue weighted by atomic mass is 9.90. The largest absolute Gasteiger partial charge is 0.475 e. The number of benzene rings is 2. The van der Waals surface area contributed by atoms with Gasteiger partial charge in [0.2, 0.25) is 0 Å². The van der Waals surface area contributed by atoms with Crippen molar-refractivity contribution in [2.45, 2.75) is 72.1 Å². The number of nitrogens with zero attached hydrogens (tertiary/aromatic N) is 2. The number of rotatable bonds is 13. The van der Waals surface area contributed by atoms with Crippen LogP contribution in [-0.2, 0) is 4.79 Å². The van der Waals surface area contributed by atoms with Gasteiger partial charge in [-0.2, -0.15) is 0 Å². The molecule has 2 aromatic carbocycles. The fourth-order valence-corrected chi connectivity index (χ4v) is 4.42. The standard InChI is InChI=1S/C27H34N2O6/c1-5-8-15-28(16-9-6-2)22(7-3)34-20-17-21-24(25(29(32)33)27(31)35-21)23(18(20)4)26(30)19-13-11-10-12-14-19/h10-14,17,22,25H,5-9,15-16H2,1-4H3. The Balaban J connectivity index is 2.09. The normalized spacial score (nSPS) is 15.6. The van der Waals surface area contributed by atoms with Crippen molar-refractivity contribution in [3.63, 3.8) is 0 Å². The minimum atomic E-state index is -1.74. The van der Waals surface area contributed by atoms with E-state index in [1.54, 1.807) is 37.3 Å². The maximum Gasteiger partial charge on any atom is 0.392 e. The molecule has 0 N–H and O–H groups in total. The summed E-state index contributed by atoms with van der Waals surface area (Å²) in [4.78, 5) is 39.3. The summed E-state index contributed by atoms with van der Waals surface area (Å²) in [5.41, 5.74) is 0.934. The summed E-state index contributed by atoms with van der Waals surface area (Å²) < 4.78 is 11.7. The Hall–Kier alpha value is -3.26. The molecule has 0 aromatic heterocycles. The minimum absolute atomic E-state index is 0.000531. The van der Waals surface area contributed by atoms with E-state index in [4.69, 9.17) is 9.47 Å². The third-order valence-electron chi connectivity index (χ3n) is 6.34. The van der Waals surface area contributed by atoms with Crippen LogP contribution >= 0.6 is 0 Å². The van der Waals surface area contributed by atoms with Crippen molar-refractivity contribution >= 4 is 11.8 Å². The van der Waals surface area contributed by atoms with Gasteiger partial charge in [0.25, 0.3) is 0 Å². The lowest BCUT2D eigenvalue weighted by Crippen LogP contribution is -2.40. The van der Waals surface area contributed by atoms with Gasteiger partial charge in [0, 0.05) is 40.8 Å². The number of unbranched alkanes of at least 4 members (excludes halogenated alkanes) is 2. The molecule has 2 atom stereocenters. The van der Waals surface area contributed by atoms with E-state index < -0.39 is 22.7 Å². The first-order valence-corrected chi connectivity index (χ1v) is 12.4. The van der Waals surface area contributed by atoms with Crippen molar-refractivity contribution < 1.29 is 24.0 Å². The Labute approximate surface area is 206 Å². The highest BCUT2D eigenvalue weighted by atomic mass is 16.6. The third-order valence-corrected chi connectivity index (χ3v) is 6.34. The summed E-state index contributed by atoms with van der Waals surface area (Å²) >= 11 is 0. The van der Waals surface area contributed by atoms with E-state index in [-0.39, 0.29) is 23.1 Å². The van der Waals surface area contributed by atoms with Gasteiger partial charge in [-0.3, -0.25) is 19.8 Å². The molecule has 0 amide bonds. The zero-order valence-corrected chi connectivity index (χ0v) is 20.9. The van der Waals surface area contributed by atoms with E-state index in [1.807, 2.05) is 6.92 Å². The Kier molecular flexibility index (Phi) is 8.98. The predicted molar refractivity (Wildman–Crippen MR) is 133 cm³/mol. The van der Waals surface area contributed by atoms with Crippen molar-refractivity contribution in [2.75, 3.05) is 13.1 Å². The summed E-state index contributed by atoms with van der Waals surface area (Å²) in [7, 11) is 0. The second kappa shape index (κ2) is 11.9. The molecule has 0 spiro atoms. The molecule has 0 aliphatic carbocycles. The maximum atomic E-state index is 13.6. The molecule has 1 heterocycles. The van der Waals surface area contributed by atoms with Crippen molar-refractivity contribution in [3.8, 4) is 11.5 Å². The first-order chi connectivity index (χ1) is 16.8. The van der Waals surface area contributed by atoms with Gasteiger partial charge in [0.05, 0.1) is 5.56 Å². The van der Waals surface area contributed by atoms with E-state index in [1.165, 1.54) is 6.07 Å². The van der Waals surface area contributed by atoms with E-state index in [9.17, 15) is 19.7 Å². The molecule has 0 fully saturated rings. The second-order valence-electron chi connectivity index (χ2n) is 8.81. The topological polar surface area (TPSA) is 99.0 Å². The maximum absolute atomic E-state index is 13.6. The van der Waals surface area contributed by atoms with Crippen LogP contribution in [0.1, 0.15) is 86.0 Å². The summed E-state index contributed by atoms with van der Waals surface area (Å²) in [6.45, 7) is 9.80. The molecule has 2 aromatic rings. The van der Waals surface area contributed by atoms with Crippen molar-refractivity contribution in [2.24, 2.45) is 0 Å². The lowest BCUT2D eigenvalue weighted by Gasteiger charge is -2.32. The molecular weight excluding hydrogens is 448 g/mol. The first-order valence-electron chi connectivity index (χ1n) is 12.4. The minimum Gasteiger partial charge on any atom is -0.475 e.